The van der Waals surface area contributed by atoms with E-state index >= 15 is 0 Å². The lowest BCUT2D eigenvalue weighted by Gasteiger charge is -2.11. The summed E-state index contributed by atoms with van der Waals surface area (Å²) in [6, 6.07) is 12.2. The molecule has 1 heterocycles. The fraction of sp³-hybridized carbons (Fsp3) is 0. The van der Waals surface area contributed by atoms with Crippen molar-refractivity contribution in [3.8, 4) is 0 Å². The first kappa shape index (κ1) is 18.0. The summed E-state index contributed by atoms with van der Waals surface area (Å²) in [6.07, 6.45) is 1.13. The van der Waals surface area contributed by atoms with Gasteiger partial charge in [-0.15, -0.1) is 0 Å². The molecule has 0 amide bonds. The van der Waals surface area contributed by atoms with E-state index in [1.807, 2.05) is 0 Å². The van der Waals surface area contributed by atoms with Crippen LogP contribution in [0.25, 0.3) is 0 Å². The van der Waals surface area contributed by atoms with E-state index in [2.05, 4.69) is 20.6 Å². The molecule has 136 valence electrons. The van der Waals surface area contributed by atoms with Crippen LogP contribution in [0.15, 0.2) is 54.9 Å². The van der Waals surface area contributed by atoms with Crippen LogP contribution in [0.1, 0.15) is 0 Å². The molecule has 0 spiro atoms. The summed E-state index contributed by atoms with van der Waals surface area (Å²) >= 11 is 6.07. The van der Waals surface area contributed by atoms with E-state index < -0.39 is 15.5 Å². The normalized spacial score (nSPS) is 10.3. The predicted molar refractivity (Wildman–Crippen MR) is 99.8 cm³/mol. The highest BCUT2D eigenvalue weighted by Crippen LogP contribution is 2.34. The summed E-state index contributed by atoms with van der Waals surface area (Å²) < 4.78 is 0. The quantitative estimate of drug-likeness (QED) is 0.468. The van der Waals surface area contributed by atoms with Crippen LogP contribution in [0, 0.1) is 20.2 Å². The molecule has 0 saturated carbocycles. The summed E-state index contributed by atoms with van der Waals surface area (Å²) in [5.41, 5.74) is 0.118. The van der Waals surface area contributed by atoms with E-state index in [1.165, 1.54) is 24.3 Å². The molecule has 2 N–H and O–H groups in total. The average molecular weight is 387 g/mol. The van der Waals surface area contributed by atoms with Crippen LogP contribution < -0.4 is 10.6 Å². The minimum atomic E-state index is -0.654. The number of halogens is 1. The molecule has 0 saturated heterocycles. The van der Waals surface area contributed by atoms with E-state index in [4.69, 9.17) is 11.6 Å². The van der Waals surface area contributed by atoms with Crippen molar-refractivity contribution in [2.45, 2.75) is 0 Å². The number of rotatable bonds is 6. The monoisotopic (exact) mass is 386 g/mol. The zero-order chi connectivity index (χ0) is 19.4. The van der Waals surface area contributed by atoms with Gasteiger partial charge in [0.1, 0.15) is 6.33 Å². The molecule has 0 unspecified atom stereocenters. The van der Waals surface area contributed by atoms with Crippen LogP contribution >= 0.6 is 11.6 Å². The van der Waals surface area contributed by atoms with Crippen LogP contribution in [0.2, 0.25) is 5.02 Å². The van der Waals surface area contributed by atoms with Crippen molar-refractivity contribution in [2.24, 2.45) is 0 Å². The number of nitro groups is 2. The molecule has 0 aliphatic heterocycles. The van der Waals surface area contributed by atoms with Gasteiger partial charge < -0.3 is 10.6 Å². The molecule has 3 rings (SSSR count). The van der Waals surface area contributed by atoms with Crippen molar-refractivity contribution < 1.29 is 9.85 Å². The Morgan fingerprint density at radius 1 is 0.889 bits per heavy atom. The molecule has 0 aliphatic rings. The highest BCUT2D eigenvalue weighted by Gasteiger charge is 2.24. The lowest BCUT2D eigenvalue weighted by molar-refractivity contribution is -0.384. The zero-order valence-corrected chi connectivity index (χ0v) is 14.3. The van der Waals surface area contributed by atoms with Gasteiger partial charge in [-0.3, -0.25) is 20.2 Å². The van der Waals surface area contributed by atoms with Gasteiger partial charge in [0, 0.05) is 17.8 Å². The number of aromatic nitrogens is 2. The van der Waals surface area contributed by atoms with Crippen LogP contribution in [0.5, 0.6) is 0 Å². The summed E-state index contributed by atoms with van der Waals surface area (Å²) in [7, 11) is 0. The lowest BCUT2D eigenvalue weighted by Crippen LogP contribution is -2.05. The highest BCUT2D eigenvalue weighted by atomic mass is 35.5. The smallest absolute Gasteiger partial charge is 0.334 e. The summed E-state index contributed by atoms with van der Waals surface area (Å²) in [5, 5.41) is 28.4. The molecule has 11 heteroatoms. The van der Waals surface area contributed by atoms with Gasteiger partial charge in [-0.05, 0) is 18.2 Å². The van der Waals surface area contributed by atoms with Crippen molar-refractivity contribution in [1.82, 2.24) is 9.97 Å². The maximum atomic E-state index is 11.6. The number of para-hydroxylation sites is 1. The number of anilines is 4. The molecular formula is C16H11ClN6O4. The molecule has 2 aromatic carbocycles. The molecule has 0 aliphatic carbocycles. The van der Waals surface area contributed by atoms with Gasteiger partial charge in [0.15, 0.2) is 0 Å². The minimum absolute atomic E-state index is 0.0731. The minimum Gasteiger partial charge on any atom is -0.334 e. The Morgan fingerprint density at radius 2 is 1.59 bits per heavy atom. The fourth-order valence-electron chi connectivity index (χ4n) is 2.26. The predicted octanol–water partition coefficient (Wildman–Crippen LogP) is 4.43. The van der Waals surface area contributed by atoms with Crippen LogP contribution in [-0.4, -0.2) is 19.8 Å². The first-order chi connectivity index (χ1) is 13.0. The van der Waals surface area contributed by atoms with Gasteiger partial charge in [-0.1, -0.05) is 29.8 Å². The van der Waals surface area contributed by atoms with Gasteiger partial charge in [-0.2, -0.15) is 0 Å². The number of hydrogen-bond acceptors (Lipinski definition) is 8. The van der Waals surface area contributed by atoms with Gasteiger partial charge in [-0.25, -0.2) is 9.97 Å². The first-order valence-electron chi connectivity index (χ1n) is 7.48. The summed E-state index contributed by atoms with van der Waals surface area (Å²) in [4.78, 5) is 29.1. The Kier molecular flexibility index (Phi) is 5.08. The Labute approximate surface area is 157 Å². The topological polar surface area (TPSA) is 136 Å². The third kappa shape index (κ3) is 4.07. The van der Waals surface area contributed by atoms with Gasteiger partial charge in [0.25, 0.3) is 5.69 Å². The molecule has 10 nitrogen and oxygen atoms in total. The van der Waals surface area contributed by atoms with Crippen LogP contribution in [0.4, 0.5) is 34.4 Å². The number of nitrogens with one attached hydrogen (secondary N) is 2. The lowest BCUT2D eigenvalue weighted by atomic mass is 10.2. The number of hydrogen-bond donors (Lipinski definition) is 2. The standard InChI is InChI=1S/C16H11ClN6O4/c17-12-6-1-2-7-13(12)21-16-14(23(26)27)15(18-9-19-16)20-10-4-3-5-11(8-10)22(24)25/h1-9H,(H2,18,19,20,21). The summed E-state index contributed by atoms with van der Waals surface area (Å²) in [6.45, 7) is 0. The molecule has 3 aromatic rings. The second-order valence-corrected chi connectivity index (χ2v) is 5.62. The van der Waals surface area contributed by atoms with Crippen molar-refractivity contribution in [1.29, 1.82) is 0 Å². The fourth-order valence-corrected chi connectivity index (χ4v) is 2.44. The Bertz CT molecular complexity index is 1030. The number of nitro benzene ring substituents is 1. The molecule has 0 radical (unpaired) electrons. The number of nitrogens with zero attached hydrogens (tertiary/aromatic N) is 4. The van der Waals surface area contributed by atoms with Crippen molar-refractivity contribution in [3.63, 3.8) is 0 Å². The van der Waals surface area contributed by atoms with E-state index in [0.29, 0.717) is 10.7 Å². The van der Waals surface area contributed by atoms with Crippen LogP contribution in [0.3, 0.4) is 0 Å². The molecule has 0 atom stereocenters. The molecule has 0 fully saturated rings. The maximum Gasteiger partial charge on any atom is 0.353 e. The average Bonchev–Trinajstić information content (AvgIpc) is 2.64. The Hall–Kier alpha value is -3.79. The maximum absolute atomic E-state index is 11.6. The molecule has 1 aromatic heterocycles. The molecular weight excluding hydrogens is 376 g/mol. The first-order valence-corrected chi connectivity index (χ1v) is 7.86. The van der Waals surface area contributed by atoms with E-state index in [1.54, 1.807) is 24.3 Å². The van der Waals surface area contributed by atoms with E-state index in [0.717, 1.165) is 6.33 Å². The second kappa shape index (κ2) is 7.62. The third-order valence-electron chi connectivity index (χ3n) is 3.45. The van der Waals surface area contributed by atoms with Crippen molar-refractivity contribution >= 4 is 46.0 Å². The Balaban J connectivity index is 1.99. The number of non-ortho nitro benzene ring substituents is 1. The Morgan fingerprint density at radius 3 is 2.26 bits per heavy atom. The zero-order valence-electron chi connectivity index (χ0n) is 13.5. The molecule has 27 heavy (non-hydrogen) atoms. The van der Waals surface area contributed by atoms with Gasteiger partial charge >= 0.3 is 5.69 Å². The highest BCUT2D eigenvalue weighted by molar-refractivity contribution is 6.33. The van der Waals surface area contributed by atoms with E-state index in [-0.39, 0.29) is 23.0 Å². The molecule has 0 bridgehead atoms. The largest absolute Gasteiger partial charge is 0.353 e. The summed E-state index contributed by atoms with van der Waals surface area (Å²) in [5.74, 6) is -0.193. The second-order valence-electron chi connectivity index (χ2n) is 5.21. The van der Waals surface area contributed by atoms with Crippen molar-refractivity contribution in [3.05, 3.63) is 80.1 Å². The SMILES string of the molecule is O=[N+]([O-])c1cccc(Nc2ncnc(Nc3ccccc3Cl)c2[N+](=O)[O-])c1. The number of benzene rings is 2. The van der Waals surface area contributed by atoms with E-state index in [9.17, 15) is 20.2 Å². The van der Waals surface area contributed by atoms with Crippen LogP contribution in [-0.2, 0) is 0 Å². The third-order valence-corrected chi connectivity index (χ3v) is 3.78. The van der Waals surface area contributed by atoms with Crippen molar-refractivity contribution in [2.75, 3.05) is 10.6 Å². The van der Waals surface area contributed by atoms with Gasteiger partial charge in [0.2, 0.25) is 11.6 Å². The van der Waals surface area contributed by atoms with Gasteiger partial charge in [0.05, 0.1) is 20.6 Å².